The van der Waals surface area contributed by atoms with Gasteiger partial charge in [0.05, 0.1) is 17.2 Å². The number of hydrogen-bond acceptors (Lipinski definition) is 5. The van der Waals surface area contributed by atoms with Crippen LogP contribution in [0.5, 0.6) is 11.5 Å². The second-order valence-electron chi connectivity index (χ2n) is 9.45. The molecule has 6 nitrogen and oxygen atoms in total. The molecule has 1 aliphatic carbocycles. The maximum atomic E-state index is 12.3. The second kappa shape index (κ2) is 11.7. The lowest BCUT2D eigenvalue weighted by atomic mass is 9.61. The minimum Gasteiger partial charge on any atom is -0.507 e. The van der Waals surface area contributed by atoms with Gasteiger partial charge in [0, 0.05) is 24.3 Å². The van der Waals surface area contributed by atoms with Crippen molar-refractivity contribution in [3.8, 4) is 11.5 Å². The molecule has 0 bridgehead atoms. The van der Waals surface area contributed by atoms with Crippen LogP contribution in [0.25, 0.3) is 0 Å². The Bertz CT molecular complexity index is 1010. The van der Waals surface area contributed by atoms with Crippen molar-refractivity contribution in [2.75, 3.05) is 6.61 Å². The van der Waals surface area contributed by atoms with Gasteiger partial charge in [-0.1, -0.05) is 56.2 Å². The zero-order valence-corrected chi connectivity index (χ0v) is 21.4. The van der Waals surface area contributed by atoms with Crippen LogP contribution in [0.1, 0.15) is 74.9 Å². The number of carbonyl (C=O) groups excluding carboxylic acids is 2. The fraction of sp³-hybridized carbons (Fsp3) is 0.519. The summed E-state index contributed by atoms with van der Waals surface area (Å²) < 4.78 is 5.77. The number of carbonyl (C=O) groups is 3. The number of phenolic OH excluding ortho intramolecular Hbond substituents is 1. The van der Waals surface area contributed by atoms with Gasteiger partial charge in [-0.15, -0.1) is 0 Å². The molecule has 3 unspecified atom stereocenters. The van der Waals surface area contributed by atoms with Crippen molar-refractivity contribution in [1.82, 2.24) is 0 Å². The first-order valence-corrected chi connectivity index (χ1v) is 12.0. The summed E-state index contributed by atoms with van der Waals surface area (Å²) in [6.07, 6.45) is 8.56. The highest BCUT2D eigenvalue weighted by molar-refractivity contribution is 6.33. The Morgan fingerprint density at radius 2 is 2.00 bits per heavy atom. The summed E-state index contributed by atoms with van der Waals surface area (Å²) in [7, 11) is 0. The number of Topliss-reactive ketones (excluding diaryl/α,β-unsaturated/α-hetero) is 1. The van der Waals surface area contributed by atoms with E-state index in [9.17, 15) is 19.5 Å². The van der Waals surface area contributed by atoms with E-state index in [1.807, 2.05) is 26.0 Å². The van der Waals surface area contributed by atoms with Crippen LogP contribution in [0.2, 0.25) is 5.02 Å². The number of allylic oxidation sites excluding steroid dienone is 4. The molecule has 1 fully saturated rings. The number of carboxylic acids is 1. The molecule has 0 radical (unpaired) electrons. The van der Waals surface area contributed by atoms with E-state index in [0.29, 0.717) is 29.8 Å². The van der Waals surface area contributed by atoms with Crippen molar-refractivity contribution in [2.45, 2.75) is 66.7 Å². The summed E-state index contributed by atoms with van der Waals surface area (Å²) in [6, 6.07) is 0. The molecule has 1 aromatic carbocycles. The van der Waals surface area contributed by atoms with Crippen LogP contribution in [0.15, 0.2) is 23.8 Å². The number of ketones is 1. The average molecular weight is 491 g/mol. The monoisotopic (exact) mass is 490 g/mol. The molecule has 1 aliphatic rings. The molecule has 0 heterocycles. The van der Waals surface area contributed by atoms with Crippen molar-refractivity contribution in [1.29, 1.82) is 0 Å². The van der Waals surface area contributed by atoms with Gasteiger partial charge in [0.1, 0.15) is 17.3 Å². The molecular formula is C27H35ClO6. The van der Waals surface area contributed by atoms with Crippen molar-refractivity contribution in [2.24, 2.45) is 17.3 Å². The Labute approximate surface area is 206 Å². The summed E-state index contributed by atoms with van der Waals surface area (Å²) in [5.74, 6) is -0.242. The number of halogens is 1. The average Bonchev–Trinajstić information content (AvgIpc) is 2.79. The molecule has 0 aromatic heterocycles. The van der Waals surface area contributed by atoms with Crippen LogP contribution in [0.3, 0.4) is 0 Å². The fourth-order valence-electron chi connectivity index (χ4n) is 4.36. The third kappa shape index (κ3) is 6.09. The quantitative estimate of drug-likeness (QED) is 0.233. The topological polar surface area (TPSA) is 101 Å². The van der Waals surface area contributed by atoms with E-state index in [1.165, 1.54) is 0 Å². The van der Waals surface area contributed by atoms with Gasteiger partial charge in [-0.2, -0.15) is 0 Å². The lowest BCUT2D eigenvalue weighted by Gasteiger charge is -2.42. The molecule has 0 spiro atoms. The zero-order chi connectivity index (χ0) is 25.6. The zero-order valence-electron chi connectivity index (χ0n) is 20.6. The highest BCUT2D eigenvalue weighted by atomic mass is 35.5. The van der Waals surface area contributed by atoms with Crippen LogP contribution < -0.4 is 4.74 Å². The second-order valence-corrected chi connectivity index (χ2v) is 9.83. The lowest BCUT2D eigenvalue weighted by molar-refractivity contribution is -0.137. The van der Waals surface area contributed by atoms with Gasteiger partial charge >= 0.3 is 5.97 Å². The van der Waals surface area contributed by atoms with Crippen LogP contribution in [0, 0.1) is 24.2 Å². The lowest BCUT2D eigenvalue weighted by Crippen LogP contribution is -2.40. The van der Waals surface area contributed by atoms with Gasteiger partial charge in [0.25, 0.3) is 0 Å². The van der Waals surface area contributed by atoms with Crippen molar-refractivity contribution >= 4 is 29.6 Å². The molecule has 7 heteroatoms. The summed E-state index contributed by atoms with van der Waals surface area (Å²) in [6.45, 7) is 9.95. The van der Waals surface area contributed by atoms with Crippen LogP contribution in [0.4, 0.5) is 0 Å². The maximum absolute atomic E-state index is 12.3. The summed E-state index contributed by atoms with van der Waals surface area (Å²) >= 11 is 6.46. The van der Waals surface area contributed by atoms with Crippen LogP contribution in [-0.2, 0) is 16.0 Å². The Kier molecular flexibility index (Phi) is 9.51. The third-order valence-electron chi connectivity index (χ3n) is 7.28. The van der Waals surface area contributed by atoms with E-state index < -0.39 is 5.97 Å². The van der Waals surface area contributed by atoms with E-state index >= 15 is 0 Å². The number of ether oxygens (including phenoxy) is 1. The Hall–Kier alpha value is -2.60. The maximum Gasteiger partial charge on any atom is 0.303 e. The first-order valence-electron chi connectivity index (χ1n) is 11.7. The number of aliphatic carboxylic acids is 1. The van der Waals surface area contributed by atoms with Gasteiger partial charge in [-0.3, -0.25) is 14.4 Å². The predicted molar refractivity (Wildman–Crippen MR) is 133 cm³/mol. The van der Waals surface area contributed by atoms with Gasteiger partial charge < -0.3 is 14.9 Å². The standard InChI is InChI=1S/C27H35ClO6/c1-16(12-13-27(5)17(2)9-11-22(30)19(27)4)8-10-20-25(33)21(15-29)18(3)24(28)26(20)34-14-6-7-23(31)32/h8,12-13,15,17,19,33H,6-7,9-11,14H2,1-5H3,(H,31,32)/b13-12+,16-8+. The first kappa shape index (κ1) is 27.6. The van der Waals surface area contributed by atoms with E-state index in [-0.39, 0.29) is 65.1 Å². The van der Waals surface area contributed by atoms with Gasteiger partial charge in [0.15, 0.2) is 6.29 Å². The molecule has 186 valence electrons. The number of carboxylic acid groups (broad SMARTS) is 1. The van der Waals surface area contributed by atoms with Crippen molar-refractivity contribution in [3.63, 3.8) is 0 Å². The third-order valence-corrected chi connectivity index (χ3v) is 7.74. The smallest absolute Gasteiger partial charge is 0.303 e. The predicted octanol–water partition coefficient (Wildman–Crippen LogP) is 6.10. The van der Waals surface area contributed by atoms with Gasteiger partial charge in [0.2, 0.25) is 0 Å². The van der Waals surface area contributed by atoms with Crippen LogP contribution >= 0.6 is 11.6 Å². The first-order chi connectivity index (χ1) is 15.9. The largest absolute Gasteiger partial charge is 0.507 e. The minimum atomic E-state index is -0.924. The molecule has 0 amide bonds. The van der Waals surface area contributed by atoms with E-state index in [4.69, 9.17) is 21.4 Å². The molecule has 2 rings (SSSR count). The normalized spacial score (nSPS) is 23.4. The molecule has 1 aromatic rings. The molecule has 2 N–H and O–H groups in total. The van der Waals surface area contributed by atoms with Crippen molar-refractivity contribution in [3.05, 3.63) is 45.5 Å². The number of aldehydes is 1. The number of rotatable bonds is 10. The Morgan fingerprint density at radius 1 is 1.32 bits per heavy atom. The number of aromatic hydroxyl groups is 1. The SMILES string of the molecule is CC(/C=C/C1(C)C(C)CCC(=O)C1C)=C\Cc1c(O)c(C=O)c(C)c(Cl)c1OCCCC(=O)O. The van der Waals surface area contributed by atoms with E-state index in [2.05, 4.69) is 19.9 Å². The highest BCUT2D eigenvalue weighted by Crippen LogP contribution is 2.45. The molecule has 1 saturated carbocycles. The van der Waals surface area contributed by atoms with E-state index in [0.717, 1.165) is 12.0 Å². The Balaban J connectivity index is 2.32. The summed E-state index contributed by atoms with van der Waals surface area (Å²) in [4.78, 5) is 34.6. The number of phenols is 1. The molecule has 0 aliphatic heterocycles. The Morgan fingerprint density at radius 3 is 2.62 bits per heavy atom. The number of benzene rings is 1. The summed E-state index contributed by atoms with van der Waals surface area (Å²) in [5, 5.41) is 19.8. The molecule has 0 saturated heterocycles. The van der Waals surface area contributed by atoms with Gasteiger partial charge in [-0.05, 0) is 50.0 Å². The van der Waals surface area contributed by atoms with Crippen LogP contribution in [-0.4, -0.2) is 34.9 Å². The van der Waals surface area contributed by atoms with Gasteiger partial charge in [-0.25, -0.2) is 0 Å². The molecule has 34 heavy (non-hydrogen) atoms. The number of hydrogen-bond donors (Lipinski definition) is 2. The fourth-order valence-corrected chi connectivity index (χ4v) is 4.63. The summed E-state index contributed by atoms with van der Waals surface area (Å²) in [5.41, 5.74) is 1.59. The molecular weight excluding hydrogens is 456 g/mol. The minimum absolute atomic E-state index is 0.0493. The van der Waals surface area contributed by atoms with E-state index in [1.54, 1.807) is 6.92 Å². The van der Waals surface area contributed by atoms with Crippen molar-refractivity contribution < 1.29 is 29.3 Å². The molecule has 3 atom stereocenters. The highest BCUT2D eigenvalue weighted by Gasteiger charge is 2.41.